The van der Waals surface area contributed by atoms with Gasteiger partial charge in [0, 0.05) is 34.8 Å². The second kappa shape index (κ2) is 10.6. The zero-order chi connectivity index (χ0) is 24.2. The molecule has 4 aromatic rings. The number of hydrogen-bond donors (Lipinski definition) is 1. The highest BCUT2D eigenvalue weighted by molar-refractivity contribution is 7.14. The molecule has 1 N–H and O–H groups in total. The van der Waals surface area contributed by atoms with Crippen LogP contribution in [0.2, 0.25) is 5.02 Å². The fourth-order valence-corrected chi connectivity index (χ4v) is 5.03. The Bertz CT molecular complexity index is 1300. The van der Waals surface area contributed by atoms with E-state index < -0.39 is 0 Å². The summed E-state index contributed by atoms with van der Waals surface area (Å²) in [4.78, 5) is 19.6. The van der Waals surface area contributed by atoms with Gasteiger partial charge in [-0.1, -0.05) is 35.9 Å². The molecule has 0 aliphatic carbocycles. The number of nitrogens with one attached hydrogen (secondary N) is 1. The van der Waals surface area contributed by atoms with Crippen LogP contribution in [0.3, 0.4) is 0 Å². The number of aryl methyl sites for hydroxylation is 1. The summed E-state index contributed by atoms with van der Waals surface area (Å²) in [6.07, 6.45) is 2.10. The molecule has 0 spiro atoms. The molecular weight excluding hydrogens is 482 g/mol. The third-order valence-corrected chi connectivity index (χ3v) is 7.01. The number of hydrogen-bond acceptors (Lipinski definition) is 6. The first kappa shape index (κ1) is 23.6. The molecule has 180 valence electrons. The Morgan fingerprint density at radius 1 is 1.20 bits per heavy atom. The molecule has 2 aromatic carbocycles. The van der Waals surface area contributed by atoms with E-state index in [4.69, 9.17) is 25.7 Å². The Labute approximate surface area is 213 Å². The molecule has 2 aromatic heterocycles. The molecule has 1 saturated heterocycles. The van der Waals surface area contributed by atoms with Crippen LogP contribution < -0.4 is 10.2 Å². The van der Waals surface area contributed by atoms with Gasteiger partial charge in [-0.3, -0.25) is 4.79 Å². The number of rotatable bonds is 8. The van der Waals surface area contributed by atoms with E-state index in [1.165, 1.54) is 0 Å². The molecule has 1 fully saturated rings. The Morgan fingerprint density at radius 3 is 2.83 bits per heavy atom. The normalized spacial score (nSPS) is 15.3. The molecule has 5 rings (SSSR count). The zero-order valence-corrected chi connectivity index (χ0v) is 20.9. The zero-order valence-electron chi connectivity index (χ0n) is 19.4. The molecule has 0 bridgehead atoms. The molecule has 1 aliphatic heterocycles. The minimum atomic E-state index is -0.229. The Hall–Kier alpha value is -3.13. The minimum absolute atomic E-state index is 0.0879. The molecule has 6 nitrogen and oxygen atoms in total. The number of aromatic nitrogens is 1. The van der Waals surface area contributed by atoms with Crippen molar-refractivity contribution in [3.8, 4) is 11.3 Å². The largest absolute Gasteiger partial charge is 0.454 e. The molecule has 1 atom stereocenters. The first-order valence-corrected chi connectivity index (χ1v) is 12.8. The first-order chi connectivity index (χ1) is 17.0. The van der Waals surface area contributed by atoms with Crippen molar-refractivity contribution in [2.45, 2.75) is 32.4 Å². The molecule has 0 saturated carbocycles. The van der Waals surface area contributed by atoms with Gasteiger partial charge in [0.2, 0.25) is 0 Å². The third kappa shape index (κ3) is 5.75. The van der Waals surface area contributed by atoms with Crippen molar-refractivity contribution in [1.82, 2.24) is 10.3 Å². The van der Waals surface area contributed by atoms with Gasteiger partial charge in [0.1, 0.15) is 5.76 Å². The summed E-state index contributed by atoms with van der Waals surface area (Å²) in [6, 6.07) is 19.5. The summed E-state index contributed by atoms with van der Waals surface area (Å²) in [5, 5.41) is 6.48. The van der Waals surface area contributed by atoms with E-state index in [0.717, 1.165) is 47.1 Å². The number of halogens is 1. The van der Waals surface area contributed by atoms with Gasteiger partial charge >= 0.3 is 0 Å². The third-order valence-electron chi connectivity index (χ3n) is 5.89. The van der Waals surface area contributed by atoms with Crippen LogP contribution in [0.25, 0.3) is 11.3 Å². The van der Waals surface area contributed by atoms with Gasteiger partial charge in [-0.2, -0.15) is 0 Å². The fraction of sp³-hybridized carbons (Fsp3) is 0.259. The summed E-state index contributed by atoms with van der Waals surface area (Å²) >= 11 is 7.60. The van der Waals surface area contributed by atoms with Crippen LogP contribution in [-0.2, 0) is 11.3 Å². The number of thiazole rings is 1. The second-order valence-electron chi connectivity index (χ2n) is 8.56. The summed E-state index contributed by atoms with van der Waals surface area (Å²) in [7, 11) is 0. The predicted molar refractivity (Wildman–Crippen MR) is 140 cm³/mol. The van der Waals surface area contributed by atoms with E-state index in [1.807, 2.05) is 41.8 Å². The fourth-order valence-electron chi connectivity index (χ4n) is 4.05. The highest BCUT2D eigenvalue weighted by atomic mass is 35.5. The van der Waals surface area contributed by atoms with E-state index in [2.05, 4.69) is 35.3 Å². The maximum atomic E-state index is 12.6. The van der Waals surface area contributed by atoms with Crippen LogP contribution in [0.1, 0.15) is 34.7 Å². The second-order valence-corrected chi connectivity index (χ2v) is 9.83. The number of amides is 1. The smallest absolute Gasteiger partial charge is 0.287 e. The van der Waals surface area contributed by atoms with E-state index >= 15 is 0 Å². The lowest BCUT2D eigenvalue weighted by molar-refractivity contribution is 0.0834. The highest BCUT2D eigenvalue weighted by Crippen LogP contribution is 2.34. The quantitative estimate of drug-likeness (QED) is 0.290. The van der Waals surface area contributed by atoms with Gasteiger partial charge in [-0.05, 0) is 61.7 Å². The van der Waals surface area contributed by atoms with E-state index in [-0.39, 0.29) is 12.0 Å². The number of nitrogens with zero attached hydrogens (tertiary/aromatic N) is 2. The Morgan fingerprint density at radius 2 is 2.06 bits per heavy atom. The number of benzene rings is 2. The molecule has 35 heavy (non-hydrogen) atoms. The van der Waals surface area contributed by atoms with E-state index in [1.54, 1.807) is 17.4 Å². The molecular formula is C27H26ClN3O3S. The molecule has 1 amide bonds. The number of anilines is 2. The van der Waals surface area contributed by atoms with Crippen LogP contribution in [0, 0.1) is 6.92 Å². The van der Waals surface area contributed by atoms with Crippen molar-refractivity contribution >= 4 is 39.7 Å². The van der Waals surface area contributed by atoms with E-state index in [0.29, 0.717) is 29.6 Å². The SMILES string of the molecule is Cc1cccc(N(Cc2ccc(C(=O)NC[C@H]3CCCO3)o2)c2nc(-c3ccc(Cl)cc3)cs2)c1. The topological polar surface area (TPSA) is 67.6 Å². The molecule has 0 unspecified atom stereocenters. The molecule has 3 heterocycles. The average molecular weight is 508 g/mol. The van der Waals surface area contributed by atoms with Crippen LogP contribution in [-0.4, -0.2) is 30.1 Å². The lowest BCUT2D eigenvalue weighted by Gasteiger charge is -2.21. The average Bonchev–Trinajstić information content (AvgIpc) is 3.64. The molecule has 1 aliphatic rings. The van der Waals surface area contributed by atoms with Crippen molar-refractivity contribution in [1.29, 1.82) is 0 Å². The Kier molecular flexibility index (Phi) is 7.18. The number of ether oxygens (including phenoxy) is 1. The summed E-state index contributed by atoms with van der Waals surface area (Å²) in [5.41, 5.74) is 4.04. The lowest BCUT2D eigenvalue weighted by Crippen LogP contribution is -2.31. The van der Waals surface area contributed by atoms with Gasteiger partial charge in [-0.25, -0.2) is 4.98 Å². The number of furan rings is 1. The summed E-state index contributed by atoms with van der Waals surface area (Å²) < 4.78 is 11.5. The van der Waals surface area contributed by atoms with Gasteiger partial charge in [-0.15, -0.1) is 11.3 Å². The van der Waals surface area contributed by atoms with Crippen molar-refractivity contribution in [2.24, 2.45) is 0 Å². The van der Waals surface area contributed by atoms with Crippen LogP contribution >= 0.6 is 22.9 Å². The van der Waals surface area contributed by atoms with E-state index in [9.17, 15) is 4.79 Å². The first-order valence-electron chi connectivity index (χ1n) is 11.6. The van der Waals surface area contributed by atoms with Crippen LogP contribution in [0.15, 0.2) is 70.5 Å². The molecule has 0 radical (unpaired) electrons. The van der Waals surface area contributed by atoms with Crippen molar-refractivity contribution in [2.75, 3.05) is 18.1 Å². The van der Waals surface area contributed by atoms with Crippen LogP contribution in [0.4, 0.5) is 10.8 Å². The number of carbonyl (C=O) groups is 1. The standard InChI is InChI=1S/C27H26ClN3O3S/c1-18-4-2-5-21(14-18)31(27-30-24(17-35-27)19-7-9-20(28)10-8-19)16-23-11-12-25(34-23)26(32)29-15-22-6-3-13-33-22/h2,4-5,7-12,14,17,22H,3,6,13,15-16H2,1H3,(H,29,32)/t22-/m1/s1. The highest BCUT2D eigenvalue weighted by Gasteiger charge is 2.20. The van der Waals surface area contributed by atoms with Crippen LogP contribution in [0.5, 0.6) is 0 Å². The Balaban J connectivity index is 1.36. The van der Waals surface area contributed by atoms with Gasteiger partial charge < -0.3 is 19.4 Å². The monoisotopic (exact) mass is 507 g/mol. The van der Waals surface area contributed by atoms with Crippen molar-refractivity contribution in [3.63, 3.8) is 0 Å². The van der Waals surface area contributed by atoms with Crippen molar-refractivity contribution in [3.05, 3.63) is 88.2 Å². The molecule has 8 heteroatoms. The lowest BCUT2D eigenvalue weighted by atomic mass is 10.2. The number of carbonyl (C=O) groups excluding carboxylic acids is 1. The minimum Gasteiger partial charge on any atom is -0.454 e. The summed E-state index contributed by atoms with van der Waals surface area (Å²) in [6.45, 7) is 3.76. The summed E-state index contributed by atoms with van der Waals surface area (Å²) in [5.74, 6) is 0.744. The maximum Gasteiger partial charge on any atom is 0.287 e. The maximum absolute atomic E-state index is 12.6. The van der Waals surface area contributed by atoms with Crippen molar-refractivity contribution < 1.29 is 13.9 Å². The predicted octanol–water partition coefficient (Wildman–Crippen LogP) is 6.61. The van der Waals surface area contributed by atoms with Gasteiger partial charge in [0.25, 0.3) is 5.91 Å². The van der Waals surface area contributed by atoms with Gasteiger partial charge in [0.15, 0.2) is 10.9 Å². The van der Waals surface area contributed by atoms with Gasteiger partial charge in [0.05, 0.1) is 18.3 Å².